The van der Waals surface area contributed by atoms with Crippen molar-refractivity contribution >= 4 is 15.7 Å². The minimum absolute atomic E-state index is 0.0360. The molecule has 0 saturated heterocycles. The minimum Gasteiger partial charge on any atom is -0.274 e. The highest BCUT2D eigenvalue weighted by Gasteiger charge is 2.26. The number of nitrogens with zero attached hydrogens (tertiary/aromatic N) is 1. The number of hydroxylamine groups is 2. The van der Waals surface area contributed by atoms with Crippen LogP contribution in [0, 0.1) is 0 Å². The topological polar surface area (TPSA) is 63.7 Å². The normalized spacial score (nSPS) is 11.6. The average Bonchev–Trinajstić information content (AvgIpc) is 2.36. The van der Waals surface area contributed by atoms with Crippen LogP contribution in [0.15, 0.2) is 29.2 Å². The molecule has 0 heterocycles. The summed E-state index contributed by atoms with van der Waals surface area (Å²) >= 11 is 0. The number of carbonyl (C=O) groups is 1. The molecule has 1 aromatic carbocycles. The van der Waals surface area contributed by atoms with Crippen molar-refractivity contribution in [3.05, 3.63) is 29.8 Å². The van der Waals surface area contributed by atoms with E-state index in [1.165, 1.54) is 26.3 Å². The van der Waals surface area contributed by atoms with E-state index in [1.54, 1.807) is 26.0 Å². The number of benzene rings is 1. The Kier molecular flexibility index (Phi) is 4.48. The Balaban J connectivity index is 3.37. The molecule has 0 radical (unpaired) electrons. The van der Waals surface area contributed by atoms with Crippen molar-refractivity contribution in [3.63, 3.8) is 0 Å². The Labute approximate surface area is 107 Å². The molecule has 1 rings (SSSR count). The van der Waals surface area contributed by atoms with E-state index < -0.39 is 21.0 Å². The maximum Gasteiger partial charge on any atom is 0.278 e. The predicted octanol–water partition coefficient (Wildman–Crippen LogP) is 1.50. The standard InChI is InChI=1S/C12H17NO4S/c1-9(2)18(15,16)11-8-6-5-7-10(11)12(14)13(3)17-4/h5-9H,1-4H3. The molecule has 0 aliphatic rings. The zero-order valence-corrected chi connectivity index (χ0v) is 11.7. The van der Waals surface area contributed by atoms with E-state index in [2.05, 4.69) is 0 Å². The Morgan fingerprint density at radius 1 is 1.28 bits per heavy atom. The first-order chi connectivity index (χ1) is 8.32. The summed E-state index contributed by atoms with van der Waals surface area (Å²) in [6.07, 6.45) is 0. The molecule has 18 heavy (non-hydrogen) atoms. The molecule has 0 aliphatic heterocycles. The smallest absolute Gasteiger partial charge is 0.274 e. The molecule has 5 nitrogen and oxygen atoms in total. The number of amides is 1. The fourth-order valence-corrected chi connectivity index (χ4v) is 2.64. The number of rotatable bonds is 4. The lowest BCUT2D eigenvalue weighted by molar-refractivity contribution is -0.0759. The highest BCUT2D eigenvalue weighted by molar-refractivity contribution is 7.92. The van der Waals surface area contributed by atoms with Gasteiger partial charge in [0.1, 0.15) is 0 Å². The SMILES string of the molecule is CON(C)C(=O)c1ccccc1S(=O)(=O)C(C)C. The summed E-state index contributed by atoms with van der Waals surface area (Å²) in [4.78, 5) is 16.8. The quantitative estimate of drug-likeness (QED) is 0.779. The molecule has 0 aliphatic carbocycles. The Morgan fingerprint density at radius 3 is 2.33 bits per heavy atom. The summed E-state index contributed by atoms with van der Waals surface area (Å²) in [5.41, 5.74) is 0.121. The lowest BCUT2D eigenvalue weighted by Gasteiger charge is -2.17. The van der Waals surface area contributed by atoms with Gasteiger partial charge in [0.15, 0.2) is 9.84 Å². The molecule has 0 saturated carbocycles. The number of sulfone groups is 1. The van der Waals surface area contributed by atoms with E-state index in [1.807, 2.05) is 0 Å². The number of hydrogen-bond acceptors (Lipinski definition) is 4. The van der Waals surface area contributed by atoms with Crippen LogP contribution in [0.5, 0.6) is 0 Å². The summed E-state index contributed by atoms with van der Waals surface area (Å²) in [6.45, 7) is 3.16. The second-order valence-corrected chi connectivity index (χ2v) is 6.55. The molecule has 1 aromatic rings. The molecule has 6 heteroatoms. The van der Waals surface area contributed by atoms with Gasteiger partial charge in [-0.15, -0.1) is 0 Å². The van der Waals surface area contributed by atoms with E-state index >= 15 is 0 Å². The molecule has 0 spiro atoms. The van der Waals surface area contributed by atoms with Gasteiger partial charge in [-0.3, -0.25) is 9.63 Å². The van der Waals surface area contributed by atoms with Crippen molar-refractivity contribution < 1.29 is 18.0 Å². The van der Waals surface area contributed by atoms with Gasteiger partial charge in [-0.2, -0.15) is 0 Å². The van der Waals surface area contributed by atoms with Crippen molar-refractivity contribution in [2.24, 2.45) is 0 Å². The first kappa shape index (κ1) is 14.7. The van der Waals surface area contributed by atoms with Crippen molar-refractivity contribution in [2.45, 2.75) is 24.0 Å². The van der Waals surface area contributed by atoms with Crippen molar-refractivity contribution in [2.75, 3.05) is 14.2 Å². The molecule has 0 bridgehead atoms. The van der Waals surface area contributed by atoms with Crippen molar-refractivity contribution in [1.29, 1.82) is 0 Å². The van der Waals surface area contributed by atoms with Gasteiger partial charge < -0.3 is 0 Å². The maximum absolute atomic E-state index is 12.2. The molecule has 0 unspecified atom stereocenters. The Morgan fingerprint density at radius 2 is 1.83 bits per heavy atom. The highest BCUT2D eigenvalue weighted by Crippen LogP contribution is 2.21. The van der Waals surface area contributed by atoms with Crippen LogP contribution in [-0.2, 0) is 14.7 Å². The summed E-state index contributed by atoms with van der Waals surface area (Å²) in [6, 6.07) is 6.13. The summed E-state index contributed by atoms with van der Waals surface area (Å²) in [5, 5.41) is 0.411. The van der Waals surface area contributed by atoms with E-state index in [0.717, 1.165) is 5.06 Å². The van der Waals surface area contributed by atoms with Crippen molar-refractivity contribution in [3.8, 4) is 0 Å². The van der Waals surface area contributed by atoms with Crippen LogP contribution < -0.4 is 0 Å². The second kappa shape index (κ2) is 5.49. The molecular weight excluding hydrogens is 254 g/mol. The predicted molar refractivity (Wildman–Crippen MR) is 67.9 cm³/mol. The van der Waals surface area contributed by atoms with Crippen LogP contribution in [-0.4, -0.2) is 38.8 Å². The third-order valence-corrected chi connectivity index (χ3v) is 4.81. The van der Waals surface area contributed by atoms with Gasteiger partial charge >= 0.3 is 0 Å². The summed E-state index contributed by atoms with van der Waals surface area (Å²) in [7, 11) is -0.721. The first-order valence-electron chi connectivity index (χ1n) is 5.47. The molecule has 0 aromatic heterocycles. The fraction of sp³-hybridized carbons (Fsp3) is 0.417. The lowest BCUT2D eigenvalue weighted by Crippen LogP contribution is -2.28. The summed E-state index contributed by atoms with van der Waals surface area (Å²) in [5.74, 6) is -0.489. The largest absolute Gasteiger partial charge is 0.278 e. The third kappa shape index (κ3) is 2.70. The van der Waals surface area contributed by atoms with Gasteiger partial charge in [-0.05, 0) is 26.0 Å². The van der Waals surface area contributed by atoms with Gasteiger partial charge in [-0.1, -0.05) is 12.1 Å². The number of carbonyl (C=O) groups excluding carboxylic acids is 1. The zero-order valence-electron chi connectivity index (χ0n) is 10.9. The third-order valence-electron chi connectivity index (χ3n) is 2.60. The molecule has 0 atom stereocenters. The monoisotopic (exact) mass is 271 g/mol. The maximum atomic E-state index is 12.2. The van der Waals surface area contributed by atoms with Gasteiger partial charge in [0.05, 0.1) is 22.8 Å². The van der Waals surface area contributed by atoms with Gasteiger partial charge in [0.2, 0.25) is 0 Å². The highest BCUT2D eigenvalue weighted by atomic mass is 32.2. The van der Waals surface area contributed by atoms with Gasteiger partial charge in [-0.25, -0.2) is 13.5 Å². The van der Waals surface area contributed by atoms with Gasteiger partial charge in [0, 0.05) is 7.05 Å². The van der Waals surface area contributed by atoms with Gasteiger partial charge in [0.25, 0.3) is 5.91 Å². The van der Waals surface area contributed by atoms with Crippen LogP contribution in [0.3, 0.4) is 0 Å². The van der Waals surface area contributed by atoms with E-state index in [4.69, 9.17) is 4.84 Å². The van der Waals surface area contributed by atoms with Crippen molar-refractivity contribution in [1.82, 2.24) is 5.06 Å². The van der Waals surface area contributed by atoms with E-state index in [-0.39, 0.29) is 10.5 Å². The Hall–Kier alpha value is -1.40. The number of hydrogen-bond donors (Lipinski definition) is 0. The minimum atomic E-state index is -3.50. The second-order valence-electron chi connectivity index (χ2n) is 4.08. The van der Waals surface area contributed by atoms with Crippen LogP contribution >= 0.6 is 0 Å². The molecule has 0 N–H and O–H groups in total. The molecular formula is C12H17NO4S. The van der Waals surface area contributed by atoms with Crippen LogP contribution in [0.1, 0.15) is 24.2 Å². The molecule has 0 fully saturated rings. The Bertz CT molecular complexity index is 537. The van der Waals surface area contributed by atoms with Crippen LogP contribution in [0.25, 0.3) is 0 Å². The van der Waals surface area contributed by atoms with Crippen LogP contribution in [0.4, 0.5) is 0 Å². The zero-order chi connectivity index (χ0) is 13.9. The van der Waals surface area contributed by atoms with E-state index in [9.17, 15) is 13.2 Å². The van der Waals surface area contributed by atoms with E-state index in [0.29, 0.717) is 0 Å². The van der Waals surface area contributed by atoms with Crippen LogP contribution in [0.2, 0.25) is 0 Å². The summed E-state index contributed by atoms with van der Waals surface area (Å²) < 4.78 is 24.3. The fourth-order valence-electron chi connectivity index (χ4n) is 1.40. The molecule has 1 amide bonds. The first-order valence-corrected chi connectivity index (χ1v) is 7.02. The lowest BCUT2D eigenvalue weighted by atomic mass is 10.2. The molecule has 100 valence electrons. The average molecular weight is 271 g/mol.